The molecule has 1 rings (SSSR count). The van der Waals surface area contributed by atoms with E-state index in [0.717, 1.165) is 0 Å². The number of alkyl halides is 1. The molecule has 0 aromatic heterocycles. The molecule has 2 atom stereocenters. The van der Waals surface area contributed by atoms with E-state index in [-0.39, 0.29) is 12.0 Å². The van der Waals surface area contributed by atoms with E-state index in [2.05, 4.69) is 0 Å². The molecule has 56 valence electrons. The van der Waals surface area contributed by atoms with Gasteiger partial charge in [0.05, 0.1) is 6.04 Å². The predicted octanol–water partition coefficient (Wildman–Crippen LogP) is 0.0665. The number of nitrogens with two attached hydrogens (primary N) is 1. The maximum atomic E-state index is 12.5. The molecular formula is C6H8FNO2. The average molecular weight is 145 g/mol. The summed E-state index contributed by atoms with van der Waals surface area (Å²) in [6.07, 6.45) is -0.0187. The van der Waals surface area contributed by atoms with Gasteiger partial charge in [0, 0.05) is 12.0 Å². The van der Waals surface area contributed by atoms with Crippen LogP contribution in [0.2, 0.25) is 0 Å². The number of carbonyl (C=O) groups is 1. The second-order valence-corrected chi connectivity index (χ2v) is 2.29. The molecule has 0 radical (unpaired) electrons. The van der Waals surface area contributed by atoms with Gasteiger partial charge < -0.3 is 10.8 Å². The molecule has 10 heavy (non-hydrogen) atoms. The minimum atomic E-state index is -1.22. The lowest BCUT2D eigenvalue weighted by Crippen LogP contribution is -2.24. The number of hydrogen-bond donors (Lipinski definition) is 2. The average Bonchev–Trinajstić information content (AvgIpc) is 2.13. The molecule has 0 aliphatic heterocycles. The molecule has 0 fully saturated rings. The van der Waals surface area contributed by atoms with E-state index in [1.807, 2.05) is 0 Å². The molecule has 1 aliphatic carbocycles. The van der Waals surface area contributed by atoms with E-state index in [4.69, 9.17) is 10.8 Å². The summed E-state index contributed by atoms with van der Waals surface area (Å²) >= 11 is 0. The molecule has 0 amide bonds. The van der Waals surface area contributed by atoms with Crippen LogP contribution in [0.5, 0.6) is 0 Å². The monoisotopic (exact) mass is 145 g/mol. The Labute approximate surface area is 57.3 Å². The van der Waals surface area contributed by atoms with Gasteiger partial charge in [-0.15, -0.1) is 0 Å². The molecule has 0 aromatic rings. The first-order valence-electron chi connectivity index (χ1n) is 2.95. The molecule has 4 heteroatoms. The van der Waals surface area contributed by atoms with Crippen molar-refractivity contribution in [1.29, 1.82) is 0 Å². The zero-order valence-electron chi connectivity index (χ0n) is 5.25. The van der Waals surface area contributed by atoms with E-state index in [0.29, 0.717) is 0 Å². The Morgan fingerprint density at radius 2 is 2.50 bits per heavy atom. The van der Waals surface area contributed by atoms with Gasteiger partial charge in [0.25, 0.3) is 0 Å². The van der Waals surface area contributed by atoms with Crippen molar-refractivity contribution in [2.24, 2.45) is 5.73 Å². The van der Waals surface area contributed by atoms with Crippen molar-refractivity contribution in [2.75, 3.05) is 0 Å². The molecule has 0 aromatic carbocycles. The van der Waals surface area contributed by atoms with Crippen LogP contribution in [0, 0.1) is 0 Å². The highest BCUT2D eigenvalue weighted by molar-refractivity contribution is 5.87. The number of rotatable bonds is 1. The van der Waals surface area contributed by atoms with Gasteiger partial charge in [-0.3, -0.25) is 0 Å². The van der Waals surface area contributed by atoms with Gasteiger partial charge in [0.2, 0.25) is 0 Å². The Hall–Kier alpha value is -0.900. The molecule has 3 N–H and O–H groups in total. The summed E-state index contributed by atoms with van der Waals surface area (Å²) in [7, 11) is 0. The van der Waals surface area contributed by atoms with Crippen LogP contribution in [-0.4, -0.2) is 23.3 Å². The fourth-order valence-electron chi connectivity index (χ4n) is 0.910. The maximum absolute atomic E-state index is 12.5. The standard InChI is InChI=1S/C6H8FNO2/c7-4-1-3(6(9)10)2-5(4)8/h2,4-5H,1,8H2,(H,9,10)/t4-,5?/m0/s1. The molecule has 0 saturated heterocycles. The zero-order chi connectivity index (χ0) is 7.72. The third-order valence-corrected chi connectivity index (χ3v) is 1.50. The normalized spacial score (nSPS) is 32.0. The largest absolute Gasteiger partial charge is 0.478 e. The number of hydrogen-bond acceptors (Lipinski definition) is 2. The lowest BCUT2D eigenvalue weighted by Gasteiger charge is -2.01. The molecule has 0 heterocycles. The summed E-state index contributed by atoms with van der Waals surface area (Å²) in [6, 6.07) is -0.730. The lowest BCUT2D eigenvalue weighted by atomic mass is 10.2. The van der Waals surface area contributed by atoms with Gasteiger partial charge in [-0.2, -0.15) is 0 Å². The second-order valence-electron chi connectivity index (χ2n) is 2.29. The smallest absolute Gasteiger partial charge is 0.331 e. The Bertz CT molecular complexity index is 190. The third-order valence-electron chi connectivity index (χ3n) is 1.50. The summed E-state index contributed by atoms with van der Waals surface area (Å²) in [5.74, 6) is -1.07. The van der Waals surface area contributed by atoms with Gasteiger partial charge in [-0.05, 0) is 0 Å². The molecular weight excluding hydrogens is 137 g/mol. The molecule has 0 spiro atoms. The SMILES string of the molecule is NC1C=C(C(=O)O)C[C@@H]1F. The fraction of sp³-hybridized carbons (Fsp3) is 0.500. The van der Waals surface area contributed by atoms with Gasteiger partial charge >= 0.3 is 5.97 Å². The number of carboxylic acids is 1. The summed E-state index contributed by atoms with van der Waals surface area (Å²) in [5.41, 5.74) is 5.28. The minimum Gasteiger partial charge on any atom is -0.478 e. The van der Waals surface area contributed by atoms with Gasteiger partial charge in [-0.1, -0.05) is 6.08 Å². The topological polar surface area (TPSA) is 63.3 Å². The highest BCUT2D eigenvalue weighted by atomic mass is 19.1. The van der Waals surface area contributed by atoms with Crippen molar-refractivity contribution in [1.82, 2.24) is 0 Å². The lowest BCUT2D eigenvalue weighted by molar-refractivity contribution is -0.132. The van der Waals surface area contributed by atoms with Crippen molar-refractivity contribution in [2.45, 2.75) is 18.6 Å². The molecule has 0 bridgehead atoms. The van der Waals surface area contributed by atoms with Crippen molar-refractivity contribution in [3.8, 4) is 0 Å². The molecule has 3 nitrogen and oxygen atoms in total. The van der Waals surface area contributed by atoms with Crippen LogP contribution in [-0.2, 0) is 4.79 Å². The Kier molecular flexibility index (Phi) is 1.72. The summed E-state index contributed by atoms with van der Waals surface area (Å²) < 4.78 is 12.5. The first-order valence-corrected chi connectivity index (χ1v) is 2.95. The van der Waals surface area contributed by atoms with Gasteiger partial charge in [0.15, 0.2) is 0 Å². The van der Waals surface area contributed by atoms with E-state index in [9.17, 15) is 9.18 Å². The molecule has 0 saturated carbocycles. The predicted molar refractivity (Wildman–Crippen MR) is 33.2 cm³/mol. The van der Waals surface area contributed by atoms with E-state index < -0.39 is 18.2 Å². The van der Waals surface area contributed by atoms with Crippen LogP contribution in [0.15, 0.2) is 11.6 Å². The first kappa shape index (κ1) is 7.21. The fourth-order valence-corrected chi connectivity index (χ4v) is 0.910. The second kappa shape index (κ2) is 2.38. The van der Waals surface area contributed by atoms with Crippen LogP contribution in [0.3, 0.4) is 0 Å². The van der Waals surface area contributed by atoms with E-state index >= 15 is 0 Å². The van der Waals surface area contributed by atoms with Crippen molar-refractivity contribution >= 4 is 5.97 Å². The van der Waals surface area contributed by atoms with E-state index in [1.54, 1.807) is 0 Å². The minimum absolute atomic E-state index is 0.0590. The van der Waals surface area contributed by atoms with Crippen molar-refractivity contribution in [3.63, 3.8) is 0 Å². The Morgan fingerprint density at radius 1 is 1.90 bits per heavy atom. The first-order chi connectivity index (χ1) is 4.61. The third kappa shape index (κ3) is 1.16. The number of aliphatic carboxylic acids is 1. The summed E-state index contributed by atoms with van der Waals surface area (Å²) in [6.45, 7) is 0. The Balaban J connectivity index is 2.67. The van der Waals surface area contributed by atoms with Crippen LogP contribution in [0.1, 0.15) is 6.42 Å². The van der Waals surface area contributed by atoms with Crippen LogP contribution in [0.4, 0.5) is 4.39 Å². The maximum Gasteiger partial charge on any atom is 0.331 e. The van der Waals surface area contributed by atoms with E-state index in [1.165, 1.54) is 6.08 Å². The van der Waals surface area contributed by atoms with Crippen molar-refractivity contribution in [3.05, 3.63) is 11.6 Å². The highest BCUT2D eigenvalue weighted by Gasteiger charge is 2.27. The molecule has 1 unspecified atom stereocenters. The summed E-state index contributed by atoms with van der Waals surface area (Å²) in [5, 5.41) is 8.36. The number of carboxylic acid groups (broad SMARTS) is 1. The number of halogens is 1. The highest BCUT2D eigenvalue weighted by Crippen LogP contribution is 2.20. The van der Waals surface area contributed by atoms with Gasteiger partial charge in [0.1, 0.15) is 6.17 Å². The van der Waals surface area contributed by atoms with Crippen LogP contribution in [0.25, 0.3) is 0 Å². The van der Waals surface area contributed by atoms with Crippen LogP contribution >= 0.6 is 0 Å². The molecule has 1 aliphatic rings. The van der Waals surface area contributed by atoms with Gasteiger partial charge in [-0.25, -0.2) is 9.18 Å². The Morgan fingerprint density at radius 3 is 2.70 bits per heavy atom. The quantitative estimate of drug-likeness (QED) is 0.548. The van der Waals surface area contributed by atoms with Crippen LogP contribution < -0.4 is 5.73 Å². The van der Waals surface area contributed by atoms with Crippen molar-refractivity contribution < 1.29 is 14.3 Å². The zero-order valence-corrected chi connectivity index (χ0v) is 5.25. The summed E-state index contributed by atoms with van der Waals surface area (Å²) in [4.78, 5) is 10.2.